The quantitative estimate of drug-likeness (QED) is 0.676. The zero-order chi connectivity index (χ0) is 14.8. The summed E-state index contributed by atoms with van der Waals surface area (Å²) in [7, 11) is 0. The van der Waals surface area contributed by atoms with Gasteiger partial charge in [-0.3, -0.25) is 0 Å². The lowest BCUT2D eigenvalue weighted by Crippen LogP contribution is -2.16. The molecule has 2 aromatic carbocycles. The van der Waals surface area contributed by atoms with Crippen molar-refractivity contribution in [3.8, 4) is 11.5 Å². The topological polar surface area (TPSA) is 30.5 Å². The number of hydrogen-bond acceptors (Lipinski definition) is 3. The van der Waals surface area contributed by atoms with Gasteiger partial charge in [-0.25, -0.2) is 4.39 Å². The first-order chi connectivity index (χ1) is 10.1. The molecular weight excluding hydrogens is 452 g/mol. The van der Waals surface area contributed by atoms with E-state index in [-0.39, 0.29) is 5.82 Å². The molecule has 3 rings (SSSR count). The van der Waals surface area contributed by atoms with E-state index < -0.39 is 0 Å². The summed E-state index contributed by atoms with van der Waals surface area (Å²) in [4.78, 5) is 0. The smallest absolute Gasteiger partial charge is 0.175 e. The molecule has 0 spiro atoms. The normalized spacial score (nSPS) is 13.1. The van der Waals surface area contributed by atoms with Crippen LogP contribution >= 0.6 is 38.5 Å². The van der Waals surface area contributed by atoms with Crippen LogP contribution in [0.3, 0.4) is 0 Å². The molecule has 2 aromatic rings. The van der Waals surface area contributed by atoms with E-state index in [4.69, 9.17) is 9.47 Å². The summed E-state index contributed by atoms with van der Waals surface area (Å²) in [5.41, 5.74) is 1.97. The van der Waals surface area contributed by atoms with Crippen molar-refractivity contribution in [3.05, 3.63) is 49.8 Å². The van der Waals surface area contributed by atoms with E-state index in [9.17, 15) is 4.39 Å². The van der Waals surface area contributed by atoms with Gasteiger partial charge in [0.15, 0.2) is 11.5 Å². The molecule has 110 valence electrons. The molecule has 1 aliphatic heterocycles. The predicted molar refractivity (Wildman–Crippen MR) is 91.6 cm³/mol. The Morgan fingerprint density at radius 1 is 1.19 bits per heavy atom. The third-order valence-corrected chi connectivity index (χ3v) is 4.55. The average Bonchev–Trinajstić information content (AvgIpc) is 2.46. The van der Waals surface area contributed by atoms with E-state index >= 15 is 0 Å². The lowest BCUT2D eigenvalue weighted by atomic mass is 10.2. The standard InChI is InChI=1S/C15H12BrFINO2/c16-11-5-9(6-14-15(11)21-4-3-20-14)8-19-13-2-1-10(17)7-12(13)18/h1-2,5-7,19H,3-4,8H2. The molecule has 0 aromatic heterocycles. The van der Waals surface area contributed by atoms with Gasteiger partial charge < -0.3 is 14.8 Å². The Morgan fingerprint density at radius 3 is 2.81 bits per heavy atom. The van der Waals surface area contributed by atoms with Crippen LogP contribution < -0.4 is 14.8 Å². The number of rotatable bonds is 3. The Bertz CT molecular complexity index is 681. The maximum atomic E-state index is 13.1. The number of halogens is 3. The molecule has 21 heavy (non-hydrogen) atoms. The fourth-order valence-corrected chi connectivity index (χ4v) is 3.37. The van der Waals surface area contributed by atoms with Crippen LogP contribution in [0.1, 0.15) is 5.56 Å². The molecule has 0 fully saturated rings. The molecule has 6 heteroatoms. The van der Waals surface area contributed by atoms with Gasteiger partial charge in [0, 0.05) is 15.8 Å². The number of fused-ring (bicyclic) bond motifs is 1. The van der Waals surface area contributed by atoms with E-state index in [2.05, 4.69) is 43.8 Å². The number of benzene rings is 2. The van der Waals surface area contributed by atoms with Gasteiger partial charge >= 0.3 is 0 Å². The molecule has 1 N–H and O–H groups in total. The van der Waals surface area contributed by atoms with E-state index in [0.29, 0.717) is 19.8 Å². The second-order valence-corrected chi connectivity index (χ2v) is 6.60. The van der Waals surface area contributed by atoms with Crippen molar-refractivity contribution in [2.75, 3.05) is 18.5 Å². The Balaban J connectivity index is 1.77. The second-order valence-electron chi connectivity index (χ2n) is 4.58. The predicted octanol–water partition coefficient (Wildman–Crippen LogP) is 4.58. The maximum Gasteiger partial charge on any atom is 0.175 e. The Labute approximate surface area is 144 Å². The van der Waals surface area contributed by atoms with Crippen LogP contribution in [0.4, 0.5) is 10.1 Å². The van der Waals surface area contributed by atoms with E-state index in [0.717, 1.165) is 30.8 Å². The lowest BCUT2D eigenvalue weighted by molar-refractivity contribution is 0.170. The highest BCUT2D eigenvalue weighted by Crippen LogP contribution is 2.38. The molecule has 1 aliphatic rings. The van der Waals surface area contributed by atoms with Crippen molar-refractivity contribution < 1.29 is 13.9 Å². The fraction of sp³-hybridized carbons (Fsp3) is 0.200. The lowest BCUT2D eigenvalue weighted by Gasteiger charge is -2.20. The van der Waals surface area contributed by atoms with Crippen LogP contribution in [0.25, 0.3) is 0 Å². The van der Waals surface area contributed by atoms with Crippen molar-refractivity contribution in [1.29, 1.82) is 0 Å². The van der Waals surface area contributed by atoms with Crippen molar-refractivity contribution >= 4 is 44.2 Å². The van der Waals surface area contributed by atoms with Gasteiger partial charge in [0.25, 0.3) is 0 Å². The summed E-state index contributed by atoms with van der Waals surface area (Å²) in [5.74, 6) is 1.27. The van der Waals surface area contributed by atoms with Crippen molar-refractivity contribution in [2.45, 2.75) is 6.54 Å². The first-order valence-corrected chi connectivity index (χ1v) is 8.27. The number of hydrogen-bond donors (Lipinski definition) is 1. The highest BCUT2D eigenvalue weighted by atomic mass is 127. The summed E-state index contributed by atoms with van der Waals surface area (Å²) < 4.78 is 26.0. The van der Waals surface area contributed by atoms with Crippen molar-refractivity contribution in [2.24, 2.45) is 0 Å². The molecule has 0 saturated carbocycles. The van der Waals surface area contributed by atoms with Crippen LogP contribution in [-0.4, -0.2) is 13.2 Å². The van der Waals surface area contributed by atoms with E-state index in [1.165, 1.54) is 12.1 Å². The van der Waals surface area contributed by atoms with E-state index in [1.807, 2.05) is 12.1 Å². The molecule has 0 unspecified atom stereocenters. The van der Waals surface area contributed by atoms with Gasteiger partial charge in [-0.15, -0.1) is 0 Å². The summed E-state index contributed by atoms with van der Waals surface area (Å²) in [6.07, 6.45) is 0. The second kappa shape index (κ2) is 6.39. The fourth-order valence-electron chi connectivity index (χ4n) is 2.10. The van der Waals surface area contributed by atoms with Crippen molar-refractivity contribution in [1.82, 2.24) is 0 Å². The first-order valence-electron chi connectivity index (χ1n) is 6.40. The average molecular weight is 464 g/mol. The molecule has 0 aliphatic carbocycles. The van der Waals surface area contributed by atoms with E-state index in [1.54, 1.807) is 6.07 Å². The molecule has 0 saturated heterocycles. The first kappa shape index (κ1) is 14.9. The maximum absolute atomic E-state index is 13.1. The zero-order valence-electron chi connectivity index (χ0n) is 11.0. The summed E-state index contributed by atoms with van der Waals surface area (Å²) in [6, 6.07) is 8.65. The third kappa shape index (κ3) is 3.42. The van der Waals surface area contributed by atoms with Gasteiger partial charge in [0.2, 0.25) is 0 Å². The van der Waals surface area contributed by atoms with Crippen LogP contribution in [0.2, 0.25) is 0 Å². The highest BCUT2D eigenvalue weighted by Gasteiger charge is 2.16. The summed E-state index contributed by atoms with van der Waals surface area (Å²) in [6.45, 7) is 1.75. The van der Waals surface area contributed by atoms with Crippen molar-refractivity contribution in [3.63, 3.8) is 0 Å². The minimum atomic E-state index is -0.230. The Kier molecular flexibility index (Phi) is 4.54. The molecule has 0 radical (unpaired) electrons. The van der Waals surface area contributed by atoms with Gasteiger partial charge in [-0.2, -0.15) is 0 Å². The Morgan fingerprint density at radius 2 is 2.00 bits per heavy atom. The minimum absolute atomic E-state index is 0.230. The SMILES string of the molecule is Fc1ccc(NCc2cc(Br)c3c(c2)OCCO3)c(I)c1. The van der Waals surface area contributed by atoms with Gasteiger partial charge in [0.1, 0.15) is 19.0 Å². The molecule has 0 atom stereocenters. The molecular formula is C15H12BrFINO2. The number of nitrogens with one attached hydrogen (secondary N) is 1. The van der Waals surface area contributed by atoms with Crippen LogP contribution in [-0.2, 0) is 6.54 Å². The monoisotopic (exact) mass is 463 g/mol. The van der Waals surface area contributed by atoms with Crippen LogP contribution in [0.5, 0.6) is 11.5 Å². The minimum Gasteiger partial charge on any atom is -0.486 e. The third-order valence-electron chi connectivity index (χ3n) is 3.07. The number of anilines is 1. The van der Waals surface area contributed by atoms with Gasteiger partial charge in [-0.1, -0.05) is 0 Å². The van der Waals surface area contributed by atoms with Crippen LogP contribution in [0, 0.1) is 9.39 Å². The Hall–Kier alpha value is -1.02. The summed E-state index contributed by atoms with van der Waals surface area (Å²) >= 11 is 5.61. The number of ether oxygens (including phenoxy) is 2. The highest BCUT2D eigenvalue weighted by molar-refractivity contribution is 14.1. The van der Waals surface area contributed by atoms with Crippen LogP contribution in [0.15, 0.2) is 34.8 Å². The zero-order valence-corrected chi connectivity index (χ0v) is 14.7. The van der Waals surface area contributed by atoms with Gasteiger partial charge in [-0.05, 0) is 74.4 Å². The van der Waals surface area contributed by atoms with Gasteiger partial charge in [0.05, 0.1) is 4.47 Å². The molecule has 1 heterocycles. The largest absolute Gasteiger partial charge is 0.486 e. The molecule has 0 amide bonds. The summed E-state index contributed by atoms with van der Waals surface area (Å²) in [5, 5.41) is 3.30. The molecule has 0 bridgehead atoms. The molecule has 3 nitrogen and oxygen atoms in total.